The van der Waals surface area contributed by atoms with Crippen molar-refractivity contribution in [1.29, 1.82) is 0 Å². The molecule has 1 saturated heterocycles. The minimum atomic E-state index is -0.462. The van der Waals surface area contributed by atoms with E-state index in [9.17, 15) is 9.59 Å². The zero-order valence-electron chi connectivity index (χ0n) is 19.0. The summed E-state index contributed by atoms with van der Waals surface area (Å²) in [6.45, 7) is 13.6. The second-order valence-electron chi connectivity index (χ2n) is 9.21. The van der Waals surface area contributed by atoms with Gasteiger partial charge in [0.1, 0.15) is 5.60 Å². The van der Waals surface area contributed by atoms with Gasteiger partial charge in [-0.05, 0) is 62.9 Å². The molecule has 3 rings (SSSR count). The lowest BCUT2D eigenvalue weighted by atomic mass is 9.99. The molecule has 6 nitrogen and oxygen atoms in total. The van der Waals surface area contributed by atoms with E-state index in [0.29, 0.717) is 13.1 Å². The van der Waals surface area contributed by atoms with Gasteiger partial charge in [0, 0.05) is 51.5 Å². The molecule has 1 aliphatic heterocycles. The Hall–Kier alpha value is -2.60. The van der Waals surface area contributed by atoms with Crippen LogP contribution in [-0.4, -0.2) is 52.2 Å². The summed E-state index contributed by atoms with van der Waals surface area (Å²) in [5, 5.41) is 0. The van der Waals surface area contributed by atoms with Crippen LogP contribution in [0.3, 0.4) is 0 Å². The largest absolute Gasteiger partial charge is 0.444 e. The number of benzene rings is 1. The van der Waals surface area contributed by atoms with E-state index < -0.39 is 5.60 Å². The van der Waals surface area contributed by atoms with E-state index in [0.717, 1.165) is 36.3 Å². The van der Waals surface area contributed by atoms with Gasteiger partial charge >= 0.3 is 6.09 Å². The van der Waals surface area contributed by atoms with Gasteiger partial charge in [-0.2, -0.15) is 0 Å². The maximum Gasteiger partial charge on any atom is 0.410 e. The lowest BCUT2D eigenvalue weighted by molar-refractivity contribution is 0.0139. The van der Waals surface area contributed by atoms with Crippen molar-refractivity contribution in [1.82, 2.24) is 14.4 Å². The van der Waals surface area contributed by atoms with E-state index in [2.05, 4.69) is 30.0 Å². The molecule has 1 fully saturated rings. The summed E-state index contributed by atoms with van der Waals surface area (Å²) in [5.74, 6) is 0. The molecular formula is C24H33N3O3. The molecule has 0 atom stereocenters. The predicted octanol–water partition coefficient (Wildman–Crippen LogP) is 3.72. The van der Waals surface area contributed by atoms with E-state index in [-0.39, 0.29) is 11.7 Å². The van der Waals surface area contributed by atoms with Gasteiger partial charge in [-0.3, -0.25) is 9.69 Å². The number of carbonyl (C=O) groups excluding carboxylic acids is 1. The first-order valence-corrected chi connectivity index (χ1v) is 10.5. The highest BCUT2D eigenvalue weighted by atomic mass is 16.6. The molecule has 1 amide bonds. The second-order valence-corrected chi connectivity index (χ2v) is 9.21. The Kier molecular flexibility index (Phi) is 6.36. The van der Waals surface area contributed by atoms with Gasteiger partial charge in [0.2, 0.25) is 0 Å². The van der Waals surface area contributed by atoms with Gasteiger partial charge in [0.15, 0.2) is 0 Å². The highest BCUT2D eigenvalue weighted by molar-refractivity contribution is 5.68. The average Bonchev–Trinajstić information content (AvgIpc) is 2.66. The number of piperazine rings is 1. The summed E-state index contributed by atoms with van der Waals surface area (Å²) in [5.41, 5.74) is 5.01. The zero-order chi connectivity index (χ0) is 22.1. The molecule has 2 heterocycles. The van der Waals surface area contributed by atoms with Crippen LogP contribution in [0.15, 0.2) is 35.3 Å². The molecule has 6 heteroatoms. The molecule has 1 aromatic heterocycles. The van der Waals surface area contributed by atoms with Crippen molar-refractivity contribution in [2.75, 3.05) is 26.2 Å². The van der Waals surface area contributed by atoms with E-state index in [1.165, 1.54) is 11.1 Å². The summed E-state index contributed by atoms with van der Waals surface area (Å²) < 4.78 is 7.11. The van der Waals surface area contributed by atoms with Crippen LogP contribution in [0.1, 0.15) is 37.5 Å². The molecule has 0 spiro atoms. The number of aryl methyl sites for hydroxylation is 3. The fourth-order valence-electron chi connectivity index (χ4n) is 3.74. The van der Waals surface area contributed by atoms with Gasteiger partial charge in [-0.1, -0.05) is 18.2 Å². The fourth-order valence-corrected chi connectivity index (χ4v) is 3.74. The predicted molar refractivity (Wildman–Crippen MR) is 120 cm³/mol. The van der Waals surface area contributed by atoms with Crippen LogP contribution in [-0.2, 0) is 18.3 Å². The van der Waals surface area contributed by atoms with Crippen LogP contribution in [0.25, 0.3) is 11.1 Å². The van der Waals surface area contributed by atoms with E-state index >= 15 is 0 Å². The van der Waals surface area contributed by atoms with Gasteiger partial charge < -0.3 is 14.2 Å². The summed E-state index contributed by atoms with van der Waals surface area (Å²) in [6, 6.07) is 8.43. The topological polar surface area (TPSA) is 54.8 Å². The van der Waals surface area contributed by atoms with Crippen LogP contribution >= 0.6 is 0 Å². The van der Waals surface area contributed by atoms with Crippen LogP contribution in [0.5, 0.6) is 0 Å². The number of amides is 1. The number of rotatable bonds is 3. The SMILES string of the molecule is Cc1cc(-c2cc(C)c(=O)n(C)c2)ccc1CN1CCN(C(=O)OC(C)(C)C)CC1. The number of carbonyl (C=O) groups is 1. The zero-order valence-corrected chi connectivity index (χ0v) is 19.0. The van der Waals surface area contributed by atoms with Crippen molar-refractivity contribution in [3.63, 3.8) is 0 Å². The standard InChI is InChI=1S/C24H33N3O3/c1-17-13-19(21-14-18(2)22(28)25(6)15-21)7-8-20(17)16-26-9-11-27(12-10-26)23(29)30-24(3,4)5/h7-8,13-15H,9-12,16H2,1-6H3. The maximum atomic E-state index is 12.2. The average molecular weight is 412 g/mol. The van der Waals surface area contributed by atoms with E-state index in [1.807, 2.05) is 40.0 Å². The number of aromatic nitrogens is 1. The number of hydrogen-bond donors (Lipinski definition) is 0. The third-order valence-electron chi connectivity index (χ3n) is 5.46. The van der Waals surface area contributed by atoms with Gasteiger partial charge in [0.05, 0.1) is 0 Å². The van der Waals surface area contributed by atoms with Crippen LogP contribution in [0.4, 0.5) is 4.79 Å². The van der Waals surface area contributed by atoms with Crippen molar-refractivity contribution < 1.29 is 9.53 Å². The monoisotopic (exact) mass is 411 g/mol. The molecule has 1 aromatic carbocycles. The molecule has 0 radical (unpaired) electrons. The van der Waals surface area contributed by atoms with Crippen LogP contribution < -0.4 is 5.56 Å². The van der Waals surface area contributed by atoms with E-state index in [1.54, 1.807) is 16.5 Å². The highest BCUT2D eigenvalue weighted by Crippen LogP contribution is 2.23. The Morgan fingerprint density at radius 1 is 1.00 bits per heavy atom. The van der Waals surface area contributed by atoms with Crippen molar-refractivity contribution >= 4 is 6.09 Å². The van der Waals surface area contributed by atoms with Crippen LogP contribution in [0, 0.1) is 13.8 Å². The molecule has 0 bridgehead atoms. The Balaban J connectivity index is 1.64. The first kappa shape index (κ1) is 22.1. The first-order valence-electron chi connectivity index (χ1n) is 10.5. The number of pyridine rings is 1. The second kappa shape index (κ2) is 8.64. The first-order chi connectivity index (χ1) is 14.0. The minimum Gasteiger partial charge on any atom is -0.444 e. The Bertz CT molecular complexity index is 954. The smallest absolute Gasteiger partial charge is 0.410 e. The molecule has 30 heavy (non-hydrogen) atoms. The third kappa shape index (κ3) is 5.30. The van der Waals surface area contributed by atoms with Crippen molar-refractivity contribution in [3.05, 3.63) is 57.5 Å². The van der Waals surface area contributed by atoms with Gasteiger partial charge in [-0.15, -0.1) is 0 Å². The quantitative estimate of drug-likeness (QED) is 0.772. The lowest BCUT2D eigenvalue weighted by Crippen LogP contribution is -2.49. The number of ether oxygens (including phenoxy) is 1. The lowest BCUT2D eigenvalue weighted by Gasteiger charge is -2.35. The molecule has 0 aliphatic carbocycles. The normalized spacial score (nSPS) is 15.3. The molecule has 2 aromatic rings. The van der Waals surface area contributed by atoms with Crippen LogP contribution in [0.2, 0.25) is 0 Å². The summed E-state index contributed by atoms with van der Waals surface area (Å²) >= 11 is 0. The molecule has 0 saturated carbocycles. The Morgan fingerprint density at radius 3 is 2.20 bits per heavy atom. The molecular weight excluding hydrogens is 378 g/mol. The third-order valence-corrected chi connectivity index (χ3v) is 5.46. The number of hydrogen-bond acceptors (Lipinski definition) is 4. The van der Waals surface area contributed by atoms with Crippen molar-refractivity contribution in [2.24, 2.45) is 7.05 Å². The molecule has 1 aliphatic rings. The minimum absolute atomic E-state index is 0.0395. The fraction of sp³-hybridized carbons (Fsp3) is 0.500. The maximum absolute atomic E-state index is 12.2. The summed E-state index contributed by atoms with van der Waals surface area (Å²) in [7, 11) is 1.79. The Morgan fingerprint density at radius 2 is 1.63 bits per heavy atom. The molecule has 162 valence electrons. The molecule has 0 unspecified atom stereocenters. The molecule has 0 N–H and O–H groups in total. The van der Waals surface area contributed by atoms with E-state index in [4.69, 9.17) is 4.74 Å². The highest BCUT2D eigenvalue weighted by Gasteiger charge is 2.26. The summed E-state index contributed by atoms with van der Waals surface area (Å²) in [6.07, 6.45) is 1.66. The number of nitrogens with zero attached hydrogens (tertiary/aromatic N) is 3. The Labute approximate surface area is 179 Å². The van der Waals surface area contributed by atoms with Crippen molar-refractivity contribution in [2.45, 2.75) is 46.8 Å². The summed E-state index contributed by atoms with van der Waals surface area (Å²) in [4.78, 5) is 28.4. The van der Waals surface area contributed by atoms with Gasteiger partial charge in [-0.25, -0.2) is 4.79 Å². The van der Waals surface area contributed by atoms with Crippen molar-refractivity contribution in [3.8, 4) is 11.1 Å². The van der Waals surface area contributed by atoms with Gasteiger partial charge in [0.25, 0.3) is 5.56 Å².